The summed E-state index contributed by atoms with van der Waals surface area (Å²) in [6.07, 6.45) is 3.22. The van der Waals surface area contributed by atoms with Crippen molar-refractivity contribution in [1.82, 2.24) is 5.32 Å². The summed E-state index contributed by atoms with van der Waals surface area (Å²) in [5.41, 5.74) is -0.499. The summed E-state index contributed by atoms with van der Waals surface area (Å²) < 4.78 is 5.20. The molecule has 106 valence electrons. The number of carbonyl (C=O) groups excluding carboxylic acids is 1. The van der Waals surface area contributed by atoms with Gasteiger partial charge in [-0.25, -0.2) is 0 Å². The van der Waals surface area contributed by atoms with E-state index < -0.39 is 5.54 Å². The third kappa shape index (κ3) is 5.61. The Labute approximate surface area is 115 Å². The van der Waals surface area contributed by atoms with Gasteiger partial charge in [-0.3, -0.25) is 10.1 Å². The molecule has 0 saturated heterocycles. The first-order valence-corrected chi connectivity index (χ1v) is 8.16. The van der Waals surface area contributed by atoms with Crippen LogP contribution in [-0.2, 0) is 9.53 Å². The van der Waals surface area contributed by atoms with Crippen molar-refractivity contribution in [3.63, 3.8) is 0 Å². The van der Waals surface area contributed by atoms with Crippen LogP contribution in [0.15, 0.2) is 0 Å². The van der Waals surface area contributed by atoms with E-state index in [-0.39, 0.29) is 5.97 Å². The minimum atomic E-state index is -0.499. The number of hydrogen-bond acceptors (Lipinski definition) is 4. The van der Waals surface area contributed by atoms with Crippen molar-refractivity contribution in [3.8, 4) is 0 Å². The lowest BCUT2D eigenvalue weighted by Crippen LogP contribution is -2.52. The summed E-state index contributed by atoms with van der Waals surface area (Å²) in [4.78, 5) is 12.1. The van der Waals surface area contributed by atoms with Gasteiger partial charge >= 0.3 is 5.97 Å². The standard InChI is InChI=1S/C14H27NO2S/c1-5-17-13(16)14(4,15-12-6-7-12)8-9-18-10-11(2)3/h11-12,15H,5-10H2,1-4H3. The number of esters is 1. The molecule has 0 aromatic rings. The molecule has 0 amide bonds. The van der Waals surface area contributed by atoms with E-state index in [0.29, 0.717) is 18.6 Å². The van der Waals surface area contributed by atoms with Gasteiger partial charge in [0.1, 0.15) is 5.54 Å². The van der Waals surface area contributed by atoms with E-state index in [9.17, 15) is 4.79 Å². The van der Waals surface area contributed by atoms with Gasteiger partial charge < -0.3 is 4.74 Å². The number of ether oxygens (including phenoxy) is 1. The fourth-order valence-corrected chi connectivity index (χ4v) is 2.99. The van der Waals surface area contributed by atoms with Crippen molar-refractivity contribution >= 4 is 17.7 Å². The van der Waals surface area contributed by atoms with Gasteiger partial charge in [0, 0.05) is 6.04 Å². The molecule has 1 aliphatic carbocycles. The fraction of sp³-hybridized carbons (Fsp3) is 0.929. The Morgan fingerprint density at radius 3 is 2.67 bits per heavy atom. The molecule has 0 heterocycles. The molecule has 1 fully saturated rings. The van der Waals surface area contributed by atoms with Crippen LogP contribution in [-0.4, -0.2) is 35.7 Å². The molecule has 1 atom stereocenters. The van der Waals surface area contributed by atoms with E-state index in [4.69, 9.17) is 4.74 Å². The van der Waals surface area contributed by atoms with Gasteiger partial charge in [0.15, 0.2) is 0 Å². The molecular formula is C14H27NO2S. The molecule has 1 rings (SSSR count). The molecule has 4 heteroatoms. The van der Waals surface area contributed by atoms with E-state index in [1.165, 1.54) is 12.8 Å². The first kappa shape index (κ1) is 15.8. The molecule has 3 nitrogen and oxygen atoms in total. The first-order chi connectivity index (χ1) is 8.48. The molecule has 0 aromatic heterocycles. The second kappa shape index (κ2) is 7.39. The molecule has 0 bridgehead atoms. The van der Waals surface area contributed by atoms with Crippen molar-refractivity contribution in [3.05, 3.63) is 0 Å². The van der Waals surface area contributed by atoms with Crippen molar-refractivity contribution in [2.45, 2.75) is 58.5 Å². The molecule has 0 aliphatic heterocycles. The number of nitrogens with one attached hydrogen (secondary N) is 1. The van der Waals surface area contributed by atoms with E-state index in [0.717, 1.165) is 17.9 Å². The fourth-order valence-electron chi connectivity index (χ4n) is 1.80. The number of carbonyl (C=O) groups is 1. The smallest absolute Gasteiger partial charge is 0.326 e. The molecule has 0 aromatic carbocycles. The van der Waals surface area contributed by atoms with Crippen LogP contribution < -0.4 is 5.32 Å². The number of thioether (sulfide) groups is 1. The summed E-state index contributed by atoms with van der Waals surface area (Å²) >= 11 is 1.92. The van der Waals surface area contributed by atoms with Crippen LogP contribution in [0.25, 0.3) is 0 Å². The summed E-state index contributed by atoms with van der Waals surface area (Å²) in [7, 11) is 0. The van der Waals surface area contributed by atoms with Gasteiger partial charge in [-0.1, -0.05) is 13.8 Å². The van der Waals surface area contributed by atoms with Crippen molar-refractivity contribution in [2.75, 3.05) is 18.1 Å². The lowest BCUT2D eigenvalue weighted by molar-refractivity contribution is -0.150. The highest BCUT2D eigenvalue weighted by Gasteiger charge is 2.39. The van der Waals surface area contributed by atoms with Crippen LogP contribution in [0, 0.1) is 5.92 Å². The minimum Gasteiger partial charge on any atom is -0.465 e. The highest BCUT2D eigenvalue weighted by atomic mass is 32.2. The third-order valence-corrected chi connectivity index (χ3v) is 4.42. The third-order valence-electron chi connectivity index (χ3n) is 3.02. The second-order valence-electron chi connectivity index (χ2n) is 5.69. The van der Waals surface area contributed by atoms with Crippen molar-refractivity contribution in [2.24, 2.45) is 5.92 Å². The largest absolute Gasteiger partial charge is 0.465 e. The van der Waals surface area contributed by atoms with Crippen LogP contribution in [0.1, 0.15) is 47.0 Å². The average molecular weight is 273 g/mol. The Bertz CT molecular complexity index is 267. The SMILES string of the molecule is CCOC(=O)C(C)(CCSCC(C)C)NC1CC1. The molecule has 1 saturated carbocycles. The molecule has 1 unspecified atom stereocenters. The second-order valence-corrected chi connectivity index (χ2v) is 6.84. The van der Waals surface area contributed by atoms with Gasteiger partial charge in [0.05, 0.1) is 6.61 Å². The topological polar surface area (TPSA) is 38.3 Å². The Balaban J connectivity index is 2.40. The number of hydrogen-bond donors (Lipinski definition) is 1. The molecule has 0 radical (unpaired) electrons. The van der Waals surface area contributed by atoms with Crippen LogP contribution in [0.4, 0.5) is 0 Å². The van der Waals surface area contributed by atoms with Crippen LogP contribution in [0.2, 0.25) is 0 Å². The Kier molecular flexibility index (Phi) is 6.50. The summed E-state index contributed by atoms with van der Waals surface area (Å²) in [6, 6.07) is 0.523. The lowest BCUT2D eigenvalue weighted by atomic mass is 9.99. The van der Waals surface area contributed by atoms with E-state index in [2.05, 4.69) is 19.2 Å². The molecule has 0 spiro atoms. The molecule has 18 heavy (non-hydrogen) atoms. The zero-order chi connectivity index (χ0) is 13.6. The number of rotatable bonds is 9. The van der Waals surface area contributed by atoms with E-state index in [1.807, 2.05) is 25.6 Å². The highest BCUT2D eigenvalue weighted by molar-refractivity contribution is 7.99. The summed E-state index contributed by atoms with van der Waals surface area (Å²) in [5, 5.41) is 3.45. The monoisotopic (exact) mass is 273 g/mol. The maximum absolute atomic E-state index is 12.1. The Morgan fingerprint density at radius 2 is 2.17 bits per heavy atom. The van der Waals surface area contributed by atoms with Crippen LogP contribution >= 0.6 is 11.8 Å². The first-order valence-electron chi connectivity index (χ1n) is 7.00. The maximum atomic E-state index is 12.1. The zero-order valence-electron chi connectivity index (χ0n) is 12.1. The van der Waals surface area contributed by atoms with Gasteiger partial charge in [-0.15, -0.1) is 0 Å². The lowest BCUT2D eigenvalue weighted by Gasteiger charge is -2.28. The van der Waals surface area contributed by atoms with Gasteiger partial charge in [0.2, 0.25) is 0 Å². The van der Waals surface area contributed by atoms with Crippen molar-refractivity contribution < 1.29 is 9.53 Å². The predicted molar refractivity (Wildman–Crippen MR) is 78.0 cm³/mol. The molecule has 1 aliphatic rings. The normalized spacial score (nSPS) is 18.7. The Hall–Kier alpha value is -0.220. The van der Waals surface area contributed by atoms with E-state index in [1.54, 1.807) is 0 Å². The van der Waals surface area contributed by atoms with Gasteiger partial charge in [0.25, 0.3) is 0 Å². The minimum absolute atomic E-state index is 0.0953. The average Bonchev–Trinajstić information content (AvgIpc) is 3.08. The molecule has 1 N–H and O–H groups in total. The molecular weight excluding hydrogens is 246 g/mol. The van der Waals surface area contributed by atoms with E-state index >= 15 is 0 Å². The highest BCUT2D eigenvalue weighted by Crippen LogP contribution is 2.26. The maximum Gasteiger partial charge on any atom is 0.326 e. The van der Waals surface area contributed by atoms with Gasteiger partial charge in [-0.2, -0.15) is 11.8 Å². The van der Waals surface area contributed by atoms with Crippen molar-refractivity contribution in [1.29, 1.82) is 0 Å². The zero-order valence-corrected chi connectivity index (χ0v) is 12.9. The summed E-state index contributed by atoms with van der Waals surface area (Å²) in [6.45, 7) is 8.75. The van der Waals surface area contributed by atoms with Gasteiger partial charge in [-0.05, 0) is 50.5 Å². The van der Waals surface area contributed by atoms with Crippen LogP contribution in [0.3, 0.4) is 0 Å². The summed E-state index contributed by atoms with van der Waals surface area (Å²) in [5.74, 6) is 2.78. The predicted octanol–water partition coefficient (Wildman–Crippen LogP) is 2.84. The Morgan fingerprint density at radius 1 is 1.50 bits per heavy atom. The quantitative estimate of drug-likeness (QED) is 0.518. The van der Waals surface area contributed by atoms with Crippen LogP contribution in [0.5, 0.6) is 0 Å².